The molecule has 2 rings (SSSR count). The van der Waals surface area contributed by atoms with Crippen molar-refractivity contribution in [3.05, 3.63) is 53.1 Å². The summed E-state index contributed by atoms with van der Waals surface area (Å²) in [6.07, 6.45) is -5.66. The van der Waals surface area contributed by atoms with Crippen LogP contribution in [-0.2, 0) is 11.0 Å². The third kappa shape index (κ3) is 4.46. The summed E-state index contributed by atoms with van der Waals surface area (Å²) in [4.78, 5) is 12.6. The van der Waals surface area contributed by atoms with E-state index in [1.54, 1.807) is 17.4 Å². The van der Waals surface area contributed by atoms with Gasteiger partial charge in [0.25, 0.3) is 0 Å². The number of carbonyl (C=O) groups excluding carboxylic acids is 1. The lowest BCUT2D eigenvalue weighted by Gasteiger charge is -2.16. The average molecular weight is 412 g/mol. The number of nitrogens with one attached hydrogen (secondary N) is 1. The van der Waals surface area contributed by atoms with Crippen LogP contribution in [0.2, 0.25) is 0 Å². The van der Waals surface area contributed by atoms with Gasteiger partial charge in [0, 0.05) is 10.6 Å². The second kappa shape index (κ2) is 7.67. The van der Waals surface area contributed by atoms with Crippen LogP contribution in [0.25, 0.3) is 0 Å². The summed E-state index contributed by atoms with van der Waals surface area (Å²) in [5.74, 6) is -11.1. The highest BCUT2D eigenvalue weighted by Gasteiger charge is 2.42. The SMILES string of the molecule is CC(Sc1ccc(N)cc1)C(=O)Nc1c(F)c(F)c(C(F)(F)F)c(F)c1F. The molecule has 1 amide bonds. The molecule has 0 spiro atoms. The van der Waals surface area contributed by atoms with Gasteiger partial charge in [-0.25, -0.2) is 17.6 Å². The second-order valence-corrected chi connectivity index (χ2v) is 6.74. The highest BCUT2D eigenvalue weighted by molar-refractivity contribution is 8.00. The maximum absolute atomic E-state index is 13.8. The number of hydrogen-bond donors (Lipinski definition) is 2. The highest BCUT2D eigenvalue weighted by atomic mass is 32.2. The third-order valence-electron chi connectivity index (χ3n) is 3.36. The van der Waals surface area contributed by atoms with E-state index in [4.69, 9.17) is 5.73 Å². The predicted octanol–water partition coefficient (Wildman–Crippen LogP) is 4.96. The highest BCUT2D eigenvalue weighted by Crippen LogP contribution is 2.38. The molecule has 0 heterocycles. The van der Waals surface area contributed by atoms with E-state index >= 15 is 0 Å². The Morgan fingerprint density at radius 3 is 1.93 bits per heavy atom. The predicted molar refractivity (Wildman–Crippen MR) is 86.1 cm³/mol. The molecule has 2 aromatic rings. The molecule has 1 atom stereocenters. The zero-order chi connectivity index (χ0) is 20.5. The van der Waals surface area contributed by atoms with Crippen LogP contribution in [0.1, 0.15) is 12.5 Å². The molecule has 0 aliphatic rings. The number of thioether (sulfide) groups is 1. The van der Waals surface area contributed by atoms with E-state index in [0.717, 1.165) is 11.8 Å². The number of nitrogens with two attached hydrogens (primary N) is 1. The van der Waals surface area contributed by atoms with Gasteiger partial charge in [0.05, 0.1) is 5.25 Å². The Balaban J connectivity index is 2.28. The largest absolute Gasteiger partial charge is 0.422 e. The molecule has 11 heteroatoms. The van der Waals surface area contributed by atoms with Crippen LogP contribution in [0, 0.1) is 23.3 Å². The summed E-state index contributed by atoms with van der Waals surface area (Å²) in [6.45, 7) is 1.32. The van der Waals surface area contributed by atoms with Crippen LogP contribution in [0.4, 0.5) is 42.1 Å². The van der Waals surface area contributed by atoms with Gasteiger partial charge in [-0.2, -0.15) is 13.2 Å². The summed E-state index contributed by atoms with van der Waals surface area (Å²) in [5.41, 5.74) is 1.62. The molecule has 0 radical (unpaired) electrons. The first kappa shape index (κ1) is 20.9. The van der Waals surface area contributed by atoms with E-state index in [-0.39, 0.29) is 0 Å². The quantitative estimate of drug-likeness (QED) is 0.323. The van der Waals surface area contributed by atoms with E-state index in [2.05, 4.69) is 0 Å². The number of anilines is 2. The Kier molecular flexibility index (Phi) is 5.93. The molecule has 27 heavy (non-hydrogen) atoms. The maximum atomic E-state index is 13.8. The fraction of sp³-hybridized carbons (Fsp3) is 0.188. The van der Waals surface area contributed by atoms with Gasteiger partial charge in [0.2, 0.25) is 5.91 Å². The Hall–Kier alpha value is -2.43. The summed E-state index contributed by atoms with van der Waals surface area (Å²) in [7, 11) is 0. The Morgan fingerprint density at radius 2 is 1.48 bits per heavy atom. The van der Waals surface area contributed by atoms with Crippen molar-refractivity contribution in [1.29, 1.82) is 0 Å². The van der Waals surface area contributed by atoms with Gasteiger partial charge in [0.1, 0.15) is 11.3 Å². The van der Waals surface area contributed by atoms with Crippen molar-refractivity contribution in [3.8, 4) is 0 Å². The normalized spacial score (nSPS) is 12.7. The third-order valence-corrected chi connectivity index (χ3v) is 4.47. The molecule has 0 bridgehead atoms. The van der Waals surface area contributed by atoms with Crippen LogP contribution in [0.5, 0.6) is 0 Å². The fourth-order valence-electron chi connectivity index (χ4n) is 2.02. The minimum Gasteiger partial charge on any atom is -0.399 e. The van der Waals surface area contributed by atoms with E-state index < -0.39 is 51.9 Å². The molecule has 0 aromatic heterocycles. The number of nitrogen functional groups attached to an aromatic ring is 1. The Bertz CT molecular complexity index is 840. The molecule has 0 saturated carbocycles. The standard InChI is InChI=1S/C16H11F7N2OS/c1-6(27-8-4-2-7(24)3-5-8)15(26)25-14-12(19)10(17)9(16(21,22)23)11(18)13(14)20/h2-6H,24H2,1H3,(H,25,26). The first-order chi connectivity index (χ1) is 12.4. The average Bonchev–Trinajstić information content (AvgIpc) is 2.57. The van der Waals surface area contributed by atoms with Crippen LogP contribution in [0.3, 0.4) is 0 Å². The first-order valence-electron chi connectivity index (χ1n) is 7.19. The number of alkyl halides is 3. The van der Waals surface area contributed by atoms with E-state index in [1.807, 2.05) is 0 Å². The van der Waals surface area contributed by atoms with E-state index in [9.17, 15) is 35.5 Å². The van der Waals surface area contributed by atoms with Gasteiger partial charge in [-0.15, -0.1) is 11.8 Å². The van der Waals surface area contributed by atoms with Crippen molar-refractivity contribution in [3.63, 3.8) is 0 Å². The Morgan fingerprint density at radius 1 is 1.00 bits per heavy atom. The van der Waals surface area contributed by atoms with Gasteiger partial charge in [-0.3, -0.25) is 4.79 Å². The number of hydrogen-bond acceptors (Lipinski definition) is 3. The van der Waals surface area contributed by atoms with E-state index in [0.29, 0.717) is 10.6 Å². The molecule has 146 valence electrons. The van der Waals surface area contributed by atoms with Gasteiger partial charge >= 0.3 is 6.18 Å². The van der Waals surface area contributed by atoms with Gasteiger partial charge in [-0.1, -0.05) is 0 Å². The maximum Gasteiger partial charge on any atom is 0.422 e. The summed E-state index contributed by atoms with van der Waals surface area (Å²) >= 11 is 0.927. The number of halogens is 7. The van der Waals surface area contributed by atoms with Gasteiger partial charge in [-0.05, 0) is 31.2 Å². The number of amides is 1. The smallest absolute Gasteiger partial charge is 0.399 e. The van der Waals surface area contributed by atoms with Crippen molar-refractivity contribution < 1.29 is 35.5 Å². The molecule has 1 unspecified atom stereocenters. The summed E-state index contributed by atoms with van der Waals surface area (Å²) in [5, 5.41) is 0.589. The Labute approximate surface area is 152 Å². The molecular weight excluding hydrogens is 401 g/mol. The van der Waals surface area contributed by atoms with Crippen LogP contribution in [-0.4, -0.2) is 11.2 Å². The molecule has 3 nitrogen and oxygen atoms in total. The van der Waals surface area contributed by atoms with Crippen molar-refractivity contribution >= 4 is 29.0 Å². The molecule has 0 aliphatic heterocycles. The minimum absolute atomic E-state index is 0.455. The lowest BCUT2D eigenvalue weighted by atomic mass is 10.1. The lowest BCUT2D eigenvalue weighted by molar-refractivity contribution is -0.143. The topological polar surface area (TPSA) is 55.1 Å². The summed E-state index contributed by atoms with van der Waals surface area (Å²) < 4.78 is 92.4. The van der Waals surface area contributed by atoms with E-state index in [1.165, 1.54) is 19.1 Å². The second-order valence-electron chi connectivity index (χ2n) is 5.32. The molecule has 0 fully saturated rings. The molecule has 0 aliphatic carbocycles. The van der Waals surface area contributed by atoms with Crippen LogP contribution >= 0.6 is 11.8 Å². The fourth-order valence-corrected chi connectivity index (χ4v) is 2.89. The van der Waals surface area contributed by atoms with Crippen LogP contribution in [0.15, 0.2) is 29.2 Å². The molecule has 3 N–H and O–H groups in total. The molecule has 2 aromatic carbocycles. The lowest BCUT2D eigenvalue weighted by Crippen LogP contribution is -2.25. The molecular formula is C16H11F7N2OS. The zero-order valence-electron chi connectivity index (χ0n) is 13.4. The summed E-state index contributed by atoms with van der Waals surface area (Å²) in [6, 6.07) is 6.19. The number of rotatable bonds is 4. The number of benzene rings is 2. The van der Waals surface area contributed by atoms with Crippen molar-refractivity contribution in [2.45, 2.75) is 23.2 Å². The molecule has 0 saturated heterocycles. The monoisotopic (exact) mass is 412 g/mol. The van der Waals surface area contributed by atoms with Gasteiger partial charge in [0.15, 0.2) is 23.3 Å². The number of carbonyl (C=O) groups is 1. The van der Waals surface area contributed by atoms with Crippen molar-refractivity contribution in [2.75, 3.05) is 11.1 Å². The minimum atomic E-state index is -5.66. The zero-order valence-corrected chi connectivity index (χ0v) is 14.2. The van der Waals surface area contributed by atoms with Crippen molar-refractivity contribution in [2.24, 2.45) is 0 Å². The van der Waals surface area contributed by atoms with Crippen molar-refractivity contribution in [1.82, 2.24) is 0 Å². The first-order valence-corrected chi connectivity index (χ1v) is 8.07. The van der Waals surface area contributed by atoms with Gasteiger partial charge < -0.3 is 11.1 Å². The van der Waals surface area contributed by atoms with Crippen LogP contribution < -0.4 is 11.1 Å².